The molecule has 4 heteroatoms. The average Bonchev–Trinajstić information content (AvgIpc) is 1.88. The fourth-order valence-electron chi connectivity index (χ4n) is 0.661. The second-order valence-electron chi connectivity index (χ2n) is 1.90. The van der Waals surface area contributed by atoms with Crippen LogP contribution in [0.15, 0.2) is 24.3 Å². The van der Waals surface area contributed by atoms with Gasteiger partial charge in [-0.25, -0.2) is 0 Å². The van der Waals surface area contributed by atoms with Crippen LogP contribution in [0.25, 0.3) is 0 Å². The van der Waals surface area contributed by atoms with E-state index in [-0.39, 0.29) is 11.2 Å². The summed E-state index contributed by atoms with van der Waals surface area (Å²) >= 11 is 0. The molecule has 0 aromatic heterocycles. The molecule has 0 aliphatic rings. The van der Waals surface area contributed by atoms with E-state index in [9.17, 15) is 8.63 Å². The summed E-state index contributed by atoms with van der Waals surface area (Å²) in [6.45, 7) is 0. The van der Waals surface area contributed by atoms with Crippen LogP contribution in [0.3, 0.4) is 0 Å². The highest BCUT2D eigenvalue weighted by Gasteiger charge is 2.15. The maximum atomic E-state index is 11.8. The Labute approximate surface area is 57.5 Å². The predicted octanol–water partition coefficient (Wildman–Crippen LogP) is 1.03. The normalized spacial score (nSPS) is 9.40. The van der Waals surface area contributed by atoms with E-state index in [4.69, 9.17) is 5.11 Å². The zero-order valence-electron chi connectivity index (χ0n) is 5.09. The molecule has 0 saturated carbocycles. The van der Waals surface area contributed by atoms with Gasteiger partial charge in [-0.3, -0.25) is 8.63 Å². The third-order valence-electron chi connectivity index (χ3n) is 1.12. The van der Waals surface area contributed by atoms with Gasteiger partial charge in [0.1, 0.15) is 5.75 Å². The maximum Gasteiger partial charge on any atom is 0.572 e. The third-order valence-corrected chi connectivity index (χ3v) is 1.12. The van der Waals surface area contributed by atoms with Gasteiger partial charge in [0.25, 0.3) is 0 Å². The number of phenols is 1. The van der Waals surface area contributed by atoms with Crippen molar-refractivity contribution in [3.05, 3.63) is 24.3 Å². The topological polar surface area (TPSA) is 20.2 Å². The molecule has 0 bridgehead atoms. The molecular weight excluding hydrogens is 137 g/mol. The van der Waals surface area contributed by atoms with E-state index in [0.717, 1.165) is 6.07 Å². The smallest absolute Gasteiger partial charge is 0.508 e. The quantitative estimate of drug-likeness (QED) is 0.580. The molecule has 1 nitrogen and oxygen atoms in total. The van der Waals surface area contributed by atoms with Crippen LogP contribution in [-0.2, 0) is 0 Å². The van der Waals surface area contributed by atoms with E-state index in [1.54, 1.807) is 0 Å². The number of benzene rings is 1. The number of hydrogen-bond donors (Lipinski definition) is 1. The fraction of sp³-hybridized carbons (Fsp3) is 0. The summed E-state index contributed by atoms with van der Waals surface area (Å²) in [5.41, 5.74) is -0.153. The Morgan fingerprint density at radius 3 is 2.40 bits per heavy atom. The van der Waals surface area contributed by atoms with Crippen molar-refractivity contribution >= 4 is 12.7 Å². The van der Waals surface area contributed by atoms with Gasteiger partial charge >= 0.3 is 7.27 Å². The second-order valence-corrected chi connectivity index (χ2v) is 1.90. The average molecular weight is 142 g/mol. The molecule has 1 rings (SSSR count). The number of aromatic hydroxyl groups is 1. The highest BCUT2D eigenvalue weighted by atomic mass is 19.2. The molecule has 0 amide bonds. The van der Waals surface area contributed by atoms with E-state index < -0.39 is 7.27 Å². The molecule has 0 spiro atoms. The largest absolute Gasteiger partial charge is 0.572 e. The number of hydrogen-bond acceptors (Lipinski definition) is 1. The highest BCUT2D eigenvalue weighted by Crippen LogP contribution is 2.04. The molecule has 1 aromatic rings. The van der Waals surface area contributed by atoms with Crippen molar-refractivity contribution in [3.63, 3.8) is 0 Å². The first-order valence-electron chi connectivity index (χ1n) is 2.77. The summed E-state index contributed by atoms with van der Waals surface area (Å²) in [4.78, 5) is 0. The van der Waals surface area contributed by atoms with E-state index in [1.165, 1.54) is 18.2 Å². The van der Waals surface area contributed by atoms with Crippen molar-refractivity contribution in [1.82, 2.24) is 0 Å². The van der Waals surface area contributed by atoms with Gasteiger partial charge in [-0.05, 0) is 17.6 Å². The molecule has 1 aromatic carbocycles. The van der Waals surface area contributed by atoms with Crippen LogP contribution in [-0.4, -0.2) is 12.4 Å². The zero-order chi connectivity index (χ0) is 7.56. The first-order valence-corrected chi connectivity index (χ1v) is 2.77. The standard InChI is InChI=1S/C6H5BF2O/c8-7(9)5-2-1-3-6(10)4-5/h1-4,10H. The minimum atomic E-state index is -2.51. The lowest BCUT2D eigenvalue weighted by Crippen LogP contribution is -2.19. The molecule has 0 fully saturated rings. The summed E-state index contributed by atoms with van der Waals surface area (Å²) < 4.78 is 23.7. The van der Waals surface area contributed by atoms with Crippen LogP contribution < -0.4 is 5.46 Å². The third kappa shape index (κ3) is 1.46. The van der Waals surface area contributed by atoms with Crippen molar-refractivity contribution in [3.8, 4) is 5.75 Å². The Bertz CT molecular complexity index is 227. The fourth-order valence-corrected chi connectivity index (χ4v) is 0.661. The monoisotopic (exact) mass is 142 g/mol. The Kier molecular flexibility index (Phi) is 1.90. The van der Waals surface area contributed by atoms with Crippen molar-refractivity contribution in [1.29, 1.82) is 0 Å². The van der Waals surface area contributed by atoms with Crippen LogP contribution in [0.5, 0.6) is 5.75 Å². The molecule has 0 heterocycles. The molecule has 0 radical (unpaired) electrons. The van der Waals surface area contributed by atoms with Gasteiger partial charge in [-0.2, -0.15) is 0 Å². The second kappa shape index (κ2) is 2.69. The molecule has 0 atom stereocenters. The van der Waals surface area contributed by atoms with Crippen molar-refractivity contribution in [2.75, 3.05) is 0 Å². The lowest BCUT2D eigenvalue weighted by molar-refractivity contribution is 0.475. The lowest BCUT2D eigenvalue weighted by Gasteiger charge is -1.94. The van der Waals surface area contributed by atoms with Gasteiger partial charge in [-0.1, -0.05) is 12.1 Å². The summed E-state index contributed by atoms with van der Waals surface area (Å²) in [6, 6.07) is 5.05. The van der Waals surface area contributed by atoms with Crippen molar-refractivity contribution in [2.24, 2.45) is 0 Å². The molecular formula is C6H5BF2O. The summed E-state index contributed by atoms with van der Waals surface area (Å²) in [6.07, 6.45) is 0. The van der Waals surface area contributed by atoms with Crippen molar-refractivity contribution in [2.45, 2.75) is 0 Å². The summed E-state index contributed by atoms with van der Waals surface area (Å²) in [7, 11) is -2.51. The van der Waals surface area contributed by atoms with E-state index in [2.05, 4.69) is 0 Å². The molecule has 0 saturated heterocycles. The molecule has 1 N–H and O–H groups in total. The van der Waals surface area contributed by atoms with Crippen LogP contribution in [0.2, 0.25) is 0 Å². The van der Waals surface area contributed by atoms with E-state index in [1.807, 2.05) is 0 Å². The Morgan fingerprint density at radius 1 is 1.30 bits per heavy atom. The van der Waals surface area contributed by atoms with Crippen molar-refractivity contribution < 1.29 is 13.7 Å². The molecule has 0 aliphatic heterocycles. The molecule has 52 valence electrons. The van der Waals surface area contributed by atoms with Gasteiger partial charge < -0.3 is 5.11 Å². The first kappa shape index (κ1) is 7.06. The zero-order valence-corrected chi connectivity index (χ0v) is 5.09. The first-order chi connectivity index (χ1) is 4.70. The van der Waals surface area contributed by atoms with Crippen LogP contribution >= 0.6 is 0 Å². The van der Waals surface area contributed by atoms with E-state index in [0.29, 0.717) is 0 Å². The van der Waals surface area contributed by atoms with Gasteiger partial charge in [-0.15, -0.1) is 0 Å². The summed E-state index contributed by atoms with van der Waals surface area (Å²) in [5, 5.41) is 8.73. The summed E-state index contributed by atoms with van der Waals surface area (Å²) in [5.74, 6) is -0.127. The SMILES string of the molecule is Oc1cccc(B(F)F)c1. The number of rotatable bonds is 1. The molecule has 0 aliphatic carbocycles. The van der Waals surface area contributed by atoms with E-state index >= 15 is 0 Å². The number of phenolic OH excluding ortho intramolecular Hbond substituents is 1. The minimum absolute atomic E-state index is 0.127. The molecule has 0 unspecified atom stereocenters. The Hall–Kier alpha value is -1.06. The van der Waals surface area contributed by atoms with Gasteiger partial charge in [0.05, 0.1) is 0 Å². The van der Waals surface area contributed by atoms with Crippen LogP contribution in [0.4, 0.5) is 8.63 Å². The molecule has 10 heavy (non-hydrogen) atoms. The maximum absolute atomic E-state index is 11.8. The number of halogens is 2. The van der Waals surface area contributed by atoms with Crippen LogP contribution in [0, 0.1) is 0 Å². The van der Waals surface area contributed by atoms with Gasteiger partial charge in [0.2, 0.25) is 0 Å². The Balaban J connectivity index is 2.96. The minimum Gasteiger partial charge on any atom is -0.508 e. The highest BCUT2D eigenvalue weighted by molar-refractivity contribution is 6.60. The Morgan fingerprint density at radius 2 is 2.00 bits per heavy atom. The van der Waals surface area contributed by atoms with Gasteiger partial charge in [0.15, 0.2) is 0 Å². The lowest BCUT2D eigenvalue weighted by atomic mass is 9.86. The van der Waals surface area contributed by atoms with Gasteiger partial charge in [0, 0.05) is 0 Å². The van der Waals surface area contributed by atoms with Crippen LogP contribution in [0.1, 0.15) is 0 Å². The predicted molar refractivity (Wildman–Crippen MR) is 35.7 cm³/mol.